The zero-order chi connectivity index (χ0) is 48.0. The van der Waals surface area contributed by atoms with E-state index in [0.717, 1.165) is 38.1 Å². The van der Waals surface area contributed by atoms with Crippen LogP contribution in [0.15, 0.2) is 97.1 Å². The first-order valence-corrected chi connectivity index (χ1v) is 20.3. The number of aliphatic hydroxyl groups excluding tert-OH is 3. The van der Waals surface area contributed by atoms with Gasteiger partial charge in [0, 0.05) is 37.1 Å². The number of amides is 6. The van der Waals surface area contributed by atoms with Gasteiger partial charge in [0.2, 0.25) is 35.4 Å². The molecule has 0 saturated carbocycles. The van der Waals surface area contributed by atoms with E-state index in [1.165, 1.54) is 12.1 Å². The Bertz CT molecular complexity index is 2390. The van der Waals surface area contributed by atoms with Crippen LogP contribution in [-0.2, 0) is 41.6 Å². The summed E-state index contributed by atoms with van der Waals surface area (Å²) < 4.78 is 0. The van der Waals surface area contributed by atoms with Crippen LogP contribution in [0.1, 0.15) is 31.4 Å². The molecule has 344 valence electrons. The van der Waals surface area contributed by atoms with Crippen LogP contribution in [0.25, 0.3) is 0 Å². The van der Waals surface area contributed by atoms with Gasteiger partial charge in [0.25, 0.3) is 11.4 Å². The lowest BCUT2D eigenvalue weighted by atomic mass is 10.0. The van der Waals surface area contributed by atoms with E-state index in [2.05, 4.69) is 31.9 Å². The maximum absolute atomic E-state index is 13.6. The molecule has 4 aromatic rings. The van der Waals surface area contributed by atoms with Gasteiger partial charge in [-0.2, -0.15) is 0 Å². The van der Waals surface area contributed by atoms with Gasteiger partial charge >= 0.3 is 0 Å². The fourth-order valence-electron chi connectivity index (χ4n) is 6.08. The number of non-ortho nitro benzene ring substituents is 2. The van der Waals surface area contributed by atoms with Gasteiger partial charge in [0.1, 0.15) is 30.3 Å². The van der Waals surface area contributed by atoms with Crippen LogP contribution in [0.5, 0.6) is 0 Å². The molecular formula is C42H44Cl2N8O13. The number of halogens is 2. The Morgan fingerprint density at radius 2 is 0.938 bits per heavy atom. The number of aliphatic hydroxyl groups is 3. The lowest BCUT2D eigenvalue weighted by molar-refractivity contribution is -0.385. The van der Waals surface area contributed by atoms with Crippen molar-refractivity contribution in [1.29, 1.82) is 0 Å². The molecule has 4 aromatic carbocycles. The second-order valence-corrected chi connectivity index (χ2v) is 15.4. The number of carbonyl (C=O) groups is 6. The van der Waals surface area contributed by atoms with Crippen molar-refractivity contribution in [2.24, 2.45) is 0 Å². The van der Waals surface area contributed by atoms with Gasteiger partial charge in [-0.15, -0.1) is 0 Å². The van der Waals surface area contributed by atoms with E-state index in [0.29, 0.717) is 11.1 Å². The minimum Gasteiger partial charge on any atom is -0.391 e. The second kappa shape index (κ2) is 23.6. The predicted molar refractivity (Wildman–Crippen MR) is 235 cm³/mol. The van der Waals surface area contributed by atoms with E-state index < -0.39 is 94.2 Å². The summed E-state index contributed by atoms with van der Waals surface area (Å²) >= 11 is 12.3. The van der Waals surface area contributed by atoms with E-state index in [-0.39, 0.29) is 45.6 Å². The first kappa shape index (κ1) is 50.6. The van der Waals surface area contributed by atoms with E-state index in [1.807, 2.05) is 0 Å². The zero-order valence-electron chi connectivity index (χ0n) is 34.5. The van der Waals surface area contributed by atoms with Crippen molar-refractivity contribution in [1.82, 2.24) is 21.3 Å². The Labute approximate surface area is 380 Å². The molecule has 0 bridgehead atoms. The molecule has 0 fully saturated rings. The van der Waals surface area contributed by atoms with Gasteiger partial charge in [0.15, 0.2) is 0 Å². The van der Waals surface area contributed by atoms with Crippen LogP contribution >= 0.6 is 23.2 Å². The van der Waals surface area contributed by atoms with Gasteiger partial charge in [0.05, 0.1) is 49.9 Å². The Morgan fingerprint density at radius 3 is 1.29 bits per heavy atom. The highest BCUT2D eigenvalue weighted by Crippen LogP contribution is 2.28. The molecule has 0 radical (unpaired) electrons. The van der Waals surface area contributed by atoms with Crippen LogP contribution in [-0.4, -0.2) is 103 Å². The number of nitro benzene ring substituents is 2. The summed E-state index contributed by atoms with van der Waals surface area (Å²) in [6, 6.07) is 17.1. The summed E-state index contributed by atoms with van der Waals surface area (Å²) in [6.45, 7) is 2.28. The molecule has 23 heteroatoms. The van der Waals surface area contributed by atoms with E-state index >= 15 is 0 Å². The quantitative estimate of drug-likeness (QED) is 0.0429. The fraction of sp³-hybridized carbons (Fsp3) is 0.286. The SMILES string of the molecule is C[C@@H](O)[C@H](NC(=O)C[C@H](O)C(=O)N[C@H](C(=O)N[C@@H](Cc1ccccc1)C(=O)Nc1ccc([N+](=O)[O-])cc1Cl)[C@@H](C)O)C(=O)N[C@@H](Cc1ccccc1)C(=O)Nc1ccc([N+](=O)[O-])cc1Cl. The van der Waals surface area contributed by atoms with Crippen LogP contribution < -0.4 is 31.9 Å². The lowest BCUT2D eigenvalue weighted by Gasteiger charge is -2.26. The number of rotatable bonds is 21. The summed E-state index contributed by atoms with van der Waals surface area (Å²) in [6.07, 6.45) is -6.68. The lowest BCUT2D eigenvalue weighted by Crippen LogP contribution is -2.59. The van der Waals surface area contributed by atoms with Gasteiger partial charge in [-0.05, 0) is 37.1 Å². The molecule has 0 spiro atoms. The van der Waals surface area contributed by atoms with E-state index in [1.54, 1.807) is 60.7 Å². The molecule has 0 heterocycles. The molecule has 65 heavy (non-hydrogen) atoms. The Balaban J connectivity index is 1.43. The summed E-state index contributed by atoms with van der Waals surface area (Å²) in [5.41, 5.74) is 0.447. The molecule has 6 amide bonds. The van der Waals surface area contributed by atoms with Crippen LogP contribution in [0.4, 0.5) is 22.7 Å². The van der Waals surface area contributed by atoms with Gasteiger partial charge < -0.3 is 47.2 Å². The van der Waals surface area contributed by atoms with Crippen molar-refractivity contribution < 1.29 is 53.9 Å². The first-order chi connectivity index (χ1) is 30.7. The number of nitro groups is 2. The van der Waals surface area contributed by atoms with Crippen molar-refractivity contribution in [2.75, 3.05) is 10.6 Å². The molecule has 0 aliphatic rings. The van der Waals surface area contributed by atoms with Gasteiger partial charge in [-0.1, -0.05) is 83.9 Å². The predicted octanol–water partition coefficient (Wildman–Crippen LogP) is 2.32. The molecule has 0 unspecified atom stereocenters. The third kappa shape index (κ3) is 15.0. The topological polar surface area (TPSA) is 322 Å². The number of carbonyl (C=O) groups excluding carboxylic acids is 6. The van der Waals surface area contributed by atoms with Crippen LogP contribution in [0.2, 0.25) is 10.0 Å². The second-order valence-electron chi connectivity index (χ2n) is 14.6. The minimum absolute atomic E-state index is 0.0138. The van der Waals surface area contributed by atoms with Crippen molar-refractivity contribution >= 4 is 81.4 Å². The Kier molecular flexibility index (Phi) is 18.4. The highest BCUT2D eigenvalue weighted by Gasteiger charge is 2.34. The number of hydrogen-bond acceptors (Lipinski definition) is 13. The molecule has 0 aliphatic heterocycles. The van der Waals surface area contributed by atoms with Crippen LogP contribution in [0.3, 0.4) is 0 Å². The van der Waals surface area contributed by atoms with E-state index in [4.69, 9.17) is 23.2 Å². The number of hydrogen-bond donors (Lipinski definition) is 9. The molecule has 9 N–H and O–H groups in total. The molecule has 0 aliphatic carbocycles. The molecule has 7 atom stereocenters. The van der Waals surface area contributed by atoms with Crippen molar-refractivity contribution in [3.8, 4) is 0 Å². The average Bonchev–Trinajstić information content (AvgIpc) is 3.25. The number of benzene rings is 4. The van der Waals surface area contributed by atoms with Crippen LogP contribution in [0, 0.1) is 20.2 Å². The monoisotopic (exact) mass is 938 g/mol. The van der Waals surface area contributed by atoms with Crippen molar-refractivity contribution in [3.63, 3.8) is 0 Å². The van der Waals surface area contributed by atoms with Gasteiger partial charge in [-0.25, -0.2) is 0 Å². The Morgan fingerprint density at radius 1 is 0.554 bits per heavy atom. The standard InChI is InChI=1S/C42H44Cl2N8O13/c1-22(53)36(41(60)47-32(17-24-9-5-3-6-10-24)38(57)45-30-15-13-26(51(62)63)19-28(30)43)49-35(56)21-34(55)40(59)50-37(23(2)54)42(61)48-33(18-25-11-7-4-8-12-25)39(58)46-31-16-14-27(52(64)65)20-29(31)44/h3-16,19-20,22-23,32-34,36-37,53-55H,17-18,21H2,1-2H3,(H,45,57)(H,46,58)(H,47,60)(H,48,61)(H,49,56)(H,50,59)/t22-,23-,32+,33+,34+,36+,37+/m1/s1. The minimum atomic E-state index is -2.20. The molecule has 0 aromatic heterocycles. The highest BCUT2D eigenvalue weighted by atomic mass is 35.5. The number of anilines is 2. The smallest absolute Gasteiger partial charge is 0.271 e. The first-order valence-electron chi connectivity index (χ1n) is 19.6. The third-order valence-electron chi connectivity index (χ3n) is 9.50. The van der Waals surface area contributed by atoms with Crippen molar-refractivity contribution in [2.45, 2.75) is 75.6 Å². The average molecular weight is 940 g/mol. The normalized spacial score (nSPS) is 14.1. The maximum Gasteiger partial charge on any atom is 0.271 e. The summed E-state index contributed by atoms with van der Waals surface area (Å²) in [4.78, 5) is 101. The van der Waals surface area contributed by atoms with E-state index in [9.17, 15) is 64.3 Å². The fourth-order valence-corrected chi connectivity index (χ4v) is 6.52. The van der Waals surface area contributed by atoms with Crippen molar-refractivity contribution in [3.05, 3.63) is 138 Å². The summed E-state index contributed by atoms with van der Waals surface area (Å²) in [5, 5.41) is 67.9. The molecule has 4 rings (SSSR count). The van der Waals surface area contributed by atoms with Gasteiger partial charge in [-0.3, -0.25) is 49.0 Å². The third-order valence-corrected chi connectivity index (χ3v) is 10.1. The summed E-state index contributed by atoms with van der Waals surface area (Å²) in [7, 11) is 0. The highest BCUT2D eigenvalue weighted by molar-refractivity contribution is 6.34. The molecular weight excluding hydrogens is 895 g/mol. The number of nitrogens with one attached hydrogen (secondary N) is 6. The summed E-state index contributed by atoms with van der Waals surface area (Å²) in [5.74, 6) is -6.27. The number of nitrogens with zero attached hydrogens (tertiary/aromatic N) is 2. The molecule has 21 nitrogen and oxygen atoms in total. The largest absolute Gasteiger partial charge is 0.391 e. The zero-order valence-corrected chi connectivity index (χ0v) is 36.0. The molecule has 0 saturated heterocycles. The maximum atomic E-state index is 13.6. The Hall–Kier alpha value is -7.04.